The van der Waals surface area contributed by atoms with Crippen LogP contribution >= 0.6 is 11.3 Å². The number of anilines is 1. The van der Waals surface area contributed by atoms with Crippen molar-refractivity contribution in [1.82, 2.24) is 5.32 Å². The molecule has 0 fully saturated rings. The largest absolute Gasteiger partial charge is 0.355 e. The fraction of sp³-hybridized carbons (Fsp3) is 0.250. The van der Waals surface area contributed by atoms with Gasteiger partial charge in [0, 0.05) is 12.6 Å². The van der Waals surface area contributed by atoms with Crippen LogP contribution in [0.4, 0.5) is 5.00 Å². The van der Waals surface area contributed by atoms with Gasteiger partial charge in [-0.1, -0.05) is 6.07 Å². The molecular weight excluding hydrogens is 284 g/mol. The van der Waals surface area contributed by atoms with Gasteiger partial charge in [0.05, 0.1) is 5.56 Å². The van der Waals surface area contributed by atoms with Crippen molar-refractivity contribution in [1.29, 1.82) is 0 Å². The number of carbonyl (C=O) groups excluding carboxylic acids is 2. The summed E-state index contributed by atoms with van der Waals surface area (Å²) >= 11 is 1.35. The SMILES string of the molecule is CNC(=O)c1ccsc1NC(=O)c1ccc2c(c1)CCC2. The van der Waals surface area contributed by atoms with Crippen LogP contribution in [-0.2, 0) is 12.8 Å². The van der Waals surface area contributed by atoms with E-state index >= 15 is 0 Å². The molecule has 0 saturated heterocycles. The first-order valence-electron chi connectivity index (χ1n) is 6.92. The lowest BCUT2D eigenvalue weighted by molar-refractivity contribution is 0.0964. The maximum Gasteiger partial charge on any atom is 0.256 e. The number of carbonyl (C=O) groups is 2. The molecule has 2 amide bonds. The van der Waals surface area contributed by atoms with E-state index in [9.17, 15) is 9.59 Å². The molecule has 2 N–H and O–H groups in total. The Morgan fingerprint density at radius 1 is 1.10 bits per heavy atom. The van der Waals surface area contributed by atoms with Crippen molar-refractivity contribution in [3.05, 3.63) is 51.9 Å². The van der Waals surface area contributed by atoms with Crippen molar-refractivity contribution in [2.24, 2.45) is 0 Å². The molecule has 3 rings (SSSR count). The number of benzene rings is 1. The Bertz CT molecular complexity index is 706. The monoisotopic (exact) mass is 300 g/mol. The predicted molar refractivity (Wildman–Crippen MR) is 84.1 cm³/mol. The van der Waals surface area contributed by atoms with Gasteiger partial charge >= 0.3 is 0 Å². The minimum absolute atomic E-state index is 0.169. The molecule has 4 nitrogen and oxygen atoms in total. The van der Waals surface area contributed by atoms with Gasteiger partial charge in [-0.3, -0.25) is 9.59 Å². The Hall–Kier alpha value is -2.14. The van der Waals surface area contributed by atoms with Crippen molar-refractivity contribution in [3.63, 3.8) is 0 Å². The van der Waals surface area contributed by atoms with E-state index in [4.69, 9.17) is 0 Å². The lowest BCUT2D eigenvalue weighted by Crippen LogP contribution is -2.20. The summed E-state index contributed by atoms with van der Waals surface area (Å²) in [4.78, 5) is 24.0. The van der Waals surface area contributed by atoms with Gasteiger partial charge in [0.1, 0.15) is 5.00 Å². The molecule has 0 spiro atoms. The number of amides is 2. The van der Waals surface area contributed by atoms with Crippen LogP contribution in [0.5, 0.6) is 0 Å². The van der Waals surface area contributed by atoms with Gasteiger partial charge in [-0.05, 0) is 54.0 Å². The molecule has 1 heterocycles. The highest BCUT2D eigenvalue weighted by Gasteiger charge is 2.17. The summed E-state index contributed by atoms with van der Waals surface area (Å²) in [6.45, 7) is 0. The summed E-state index contributed by atoms with van der Waals surface area (Å²) in [7, 11) is 1.58. The quantitative estimate of drug-likeness (QED) is 0.915. The normalized spacial score (nSPS) is 12.8. The number of thiophene rings is 1. The van der Waals surface area contributed by atoms with E-state index in [1.54, 1.807) is 18.5 Å². The van der Waals surface area contributed by atoms with Crippen molar-refractivity contribution >= 4 is 28.2 Å². The number of fused-ring (bicyclic) bond motifs is 1. The van der Waals surface area contributed by atoms with Crippen LogP contribution in [0.25, 0.3) is 0 Å². The van der Waals surface area contributed by atoms with Crippen LogP contribution in [0, 0.1) is 0 Å². The maximum atomic E-state index is 12.3. The van der Waals surface area contributed by atoms with Gasteiger partial charge in [0.15, 0.2) is 0 Å². The Labute approximate surface area is 127 Å². The van der Waals surface area contributed by atoms with Crippen LogP contribution in [0.2, 0.25) is 0 Å². The van der Waals surface area contributed by atoms with E-state index in [-0.39, 0.29) is 11.8 Å². The van der Waals surface area contributed by atoms with E-state index in [1.807, 2.05) is 18.2 Å². The molecule has 1 aromatic carbocycles. The lowest BCUT2D eigenvalue weighted by Gasteiger charge is -2.07. The first-order chi connectivity index (χ1) is 10.2. The highest BCUT2D eigenvalue weighted by Crippen LogP contribution is 2.26. The minimum Gasteiger partial charge on any atom is -0.355 e. The Kier molecular flexibility index (Phi) is 3.75. The van der Waals surface area contributed by atoms with Crippen molar-refractivity contribution in [2.75, 3.05) is 12.4 Å². The van der Waals surface area contributed by atoms with E-state index in [0.29, 0.717) is 16.1 Å². The highest BCUT2D eigenvalue weighted by atomic mass is 32.1. The molecule has 1 aliphatic rings. The van der Waals surface area contributed by atoms with Gasteiger partial charge in [0.25, 0.3) is 11.8 Å². The third kappa shape index (κ3) is 2.69. The van der Waals surface area contributed by atoms with Crippen LogP contribution in [0.15, 0.2) is 29.6 Å². The summed E-state index contributed by atoms with van der Waals surface area (Å²) < 4.78 is 0. The number of rotatable bonds is 3. The minimum atomic E-state index is -0.194. The predicted octanol–water partition coefficient (Wildman–Crippen LogP) is 2.85. The van der Waals surface area contributed by atoms with E-state index < -0.39 is 0 Å². The molecule has 0 aliphatic heterocycles. The molecule has 0 atom stereocenters. The average Bonchev–Trinajstić information content (AvgIpc) is 3.14. The zero-order chi connectivity index (χ0) is 14.8. The fourth-order valence-electron chi connectivity index (χ4n) is 2.61. The van der Waals surface area contributed by atoms with E-state index in [2.05, 4.69) is 10.6 Å². The summed E-state index contributed by atoms with van der Waals surface area (Å²) in [6.07, 6.45) is 3.30. The number of nitrogens with one attached hydrogen (secondary N) is 2. The Balaban J connectivity index is 1.81. The average molecular weight is 300 g/mol. The number of hydrogen-bond acceptors (Lipinski definition) is 3. The summed E-state index contributed by atoms with van der Waals surface area (Å²) in [6, 6.07) is 7.56. The molecule has 21 heavy (non-hydrogen) atoms. The van der Waals surface area contributed by atoms with Crippen molar-refractivity contribution in [3.8, 4) is 0 Å². The second-order valence-electron chi connectivity index (χ2n) is 5.03. The zero-order valence-electron chi connectivity index (χ0n) is 11.7. The molecule has 0 unspecified atom stereocenters. The molecule has 1 aliphatic carbocycles. The van der Waals surface area contributed by atoms with E-state index in [0.717, 1.165) is 19.3 Å². The third-order valence-electron chi connectivity index (χ3n) is 3.72. The van der Waals surface area contributed by atoms with Crippen molar-refractivity contribution in [2.45, 2.75) is 19.3 Å². The summed E-state index contributed by atoms with van der Waals surface area (Å²) in [5, 5.41) is 7.78. The van der Waals surface area contributed by atoms with Gasteiger partial charge in [-0.15, -0.1) is 11.3 Å². The Morgan fingerprint density at radius 3 is 2.71 bits per heavy atom. The second-order valence-corrected chi connectivity index (χ2v) is 5.95. The summed E-state index contributed by atoms with van der Waals surface area (Å²) in [5.74, 6) is -0.363. The molecule has 0 saturated carbocycles. The van der Waals surface area contributed by atoms with Gasteiger partial charge in [0.2, 0.25) is 0 Å². The first-order valence-corrected chi connectivity index (χ1v) is 7.79. The van der Waals surface area contributed by atoms with Gasteiger partial charge < -0.3 is 10.6 Å². The first kappa shape index (κ1) is 13.8. The maximum absolute atomic E-state index is 12.3. The van der Waals surface area contributed by atoms with Gasteiger partial charge in [-0.25, -0.2) is 0 Å². The Morgan fingerprint density at radius 2 is 1.90 bits per heavy atom. The molecular formula is C16H16N2O2S. The molecule has 0 radical (unpaired) electrons. The molecule has 108 valence electrons. The molecule has 2 aromatic rings. The number of aryl methyl sites for hydroxylation is 2. The molecule has 5 heteroatoms. The highest BCUT2D eigenvalue weighted by molar-refractivity contribution is 7.14. The fourth-order valence-corrected chi connectivity index (χ4v) is 3.39. The lowest BCUT2D eigenvalue weighted by atomic mass is 10.1. The van der Waals surface area contributed by atoms with Gasteiger partial charge in [-0.2, -0.15) is 0 Å². The van der Waals surface area contributed by atoms with Crippen LogP contribution in [0.3, 0.4) is 0 Å². The standard InChI is InChI=1S/C16H16N2O2S/c1-17-15(20)13-7-8-21-16(13)18-14(19)12-6-5-10-3-2-4-11(10)9-12/h5-9H,2-4H2,1H3,(H,17,20)(H,18,19). The smallest absolute Gasteiger partial charge is 0.256 e. The number of hydrogen-bond donors (Lipinski definition) is 2. The van der Waals surface area contributed by atoms with Crippen LogP contribution in [-0.4, -0.2) is 18.9 Å². The third-order valence-corrected chi connectivity index (χ3v) is 4.55. The molecule has 1 aromatic heterocycles. The summed E-state index contributed by atoms with van der Waals surface area (Å²) in [5.41, 5.74) is 3.75. The van der Waals surface area contributed by atoms with E-state index in [1.165, 1.54) is 22.5 Å². The second kappa shape index (κ2) is 5.69. The molecule has 0 bridgehead atoms. The zero-order valence-corrected chi connectivity index (χ0v) is 12.5. The van der Waals surface area contributed by atoms with Crippen molar-refractivity contribution < 1.29 is 9.59 Å². The topological polar surface area (TPSA) is 58.2 Å². The van der Waals surface area contributed by atoms with Crippen LogP contribution < -0.4 is 10.6 Å². The van der Waals surface area contributed by atoms with Crippen LogP contribution in [0.1, 0.15) is 38.3 Å².